The van der Waals surface area contributed by atoms with Crippen LogP contribution in [0.15, 0.2) is 67.1 Å². The summed E-state index contributed by atoms with van der Waals surface area (Å²) in [5.41, 5.74) is 4.71. The number of hydrogen-bond donors (Lipinski definition) is 1. The summed E-state index contributed by atoms with van der Waals surface area (Å²) in [4.78, 5) is 25.0. The minimum absolute atomic E-state index is 0.00000126. The van der Waals surface area contributed by atoms with Gasteiger partial charge < -0.3 is 19.5 Å². The number of methoxy groups -OCH3 is 1. The summed E-state index contributed by atoms with van der Waals surface area (Å²) in [7, 11) is 5.68. The topological polar surface area (TPSA) is 89.6 Å². The van der Waals surface area contributed by atoms with Crippen LogP contribution in [0.5, 0.6) is 0 Å². The molecule has 0 bridgehead atoms. The number of nitrogens with one attached hydrogen (secondary N) is 1. The highest BCUT2D eigenvalue weighted by Crippen LogP contribution is 2.32. The van der Waals surface area contributed by atoms with Gasteiger partial charge >= 0.3 is 0 Å². The highest BCUT2D eigenvalue weighted by molar-refractivity contribution is 6.01. The average molecular weight is 496 g/mol. The van der Waals surface area contributed by atoms with Gasteiger partial charge in [-0.3, -0.25) is 4.79 Å². The molecule has 0 unspecified atom stereocenters. The number of amides is 1. The minimum Gasteiger partial charge on any atom is -0.379 e. The van der Waals surface area contributed by atoms with Gasteiger partial charge in [0.1, 0.15) is 17.0 Å². The van der Waals surface area contributed by atoms with Crippen LogP contribution in [0.2, 0.25) is 0 Å². The number of nitrogens with zero attached hydrogens (tertiary/aromatic N) is 6. The lowest BCUT2D eigenvalue weighted by atomic mass is 9.89. The summed E-state index contributed by atoms with van der Waals surface area (Å²) in [6.45, 7) is 0.676. The smallest absolute Gasteiger partial charge is 0.257 e. The Morgan fingerprint density at radius 3 is 2.76 bits per heavy atom. The first-order valence-corrected chi connectivity index (χ1v) is 12.4. The third-order valence-corrected chi connectivity index (χ3v) is 7.19. The lowest BCUT2D eigenvalue weighted by Crippen LogP contribution is -2.51. The summed E-state index contributed by atoms with van der Waals surface area (Å²) in [5.74, 6) is 0.643. The van der Waals surface area contributed by atoms with Crippen LogP contribution in [-0.4, -0.2) is 56.4 Å². The highest BCUT2D eigenvalue weighted by Gasteiger charge is 2.33. The molecule has 9 nitrogen and oxygen atoms in total. The standard InChI is InChI=1S/C28H29N7O2/c1-33(16-18-8-5-4-6-9-18)25-14-23(21-17-34(2)26-19(21)10-7-13-29-26)31-27-20(15-30-35(25)27)28(36)32-22-11-12-24(22)37-3/h4-10,13-15,17,22,24H,11-12,16H2,1-3H3,(H,32,36)/t22-,24-/m0/s1. The van der Waals surface area contributed by atoms with Crippen molar-refractivity contribution in [3.05, 3.63) is 78.2 Å². The monoisotopic (exact) mass is 495 g/mol. The van der Waals surface area contributed by atoms with E-state index in [1.54, 1.807) is 24.0 Å². The van der Waals surface area contributed by atoms with E-state index in [2.05, 4.69) is 32.4 Å². The van der Waals surface area contributed by atoms with Crippen LogP contribution in [-0.2, 0) is 18.3 Å². The molecule has 4 aromatic heterocycles. The van der Waals surface area contributed by atoms with E-state index in [4.69, 9.17) is 9.72 Å². The summed E-state index contributed by atoms with van der Waals surface area (Å²) in [5, 5.41) is 8.71. The number of carbonyl (C=O) groups is 1. The van der Waals surface area contributed by atoms with Crippen molar-refractivity contribution >= 4 is 28.4 Å². The normalized spacial score (nSPS) is 17.2. The third-order valence-electron chi connectivity index (χ3n) is 7.19. The number of aromatic nitrogens is 5. The van der Waals surface area contributed by atoms with E-state index in [1.165, 1.54) is 5.56 Å². The Hall–Kier alpha value is -4.24. The number of ether oxygens (including phenoxy) is 1. The van der Waals surface area contributed by atoms with Gasteiger partial charge in [0.2, 0.25) is 0 Å². The molecule has 9 heteroatoms. The molecule has 188 valence electrons. The minimum atomic E-state index is -0.192. The van der Waals surface area contributed by atoms with Crippen LogP contribution in [0.4, 0.5) is 5.82 Å². The van der Waals surface area contributed by atoms with Gasteiger partial charge in [-0.1, -0.05) is 30.3 Å². The van der Waals surface area contributed by atoms with Crippen molar-refractivity contribution in [1.29, 1.82) is 0 Å². The van der Waals surface area contributed by atoms with Crippen LogP contribution in [0, 0.1) is 0 Å². The van der Waals surface area contributed by atoms with E-state index in [0.717, 1.165) is 41.0 Å². The fourth-order valence-electron chi connectivity index (χ4n) is 5.03. The molecule has 37 heavy (non-hydrogen) atoms. The molecule has 1 aliphatic rings. The molecule has 1 fully saturated rings. The first-order valence-electron chi connectivity index (χ1n) is 12.4. The van der Waals surface area contributed by atoms with Crippen LogP contribution in [0.3, 0.4) is 0 Å². The predicted molar refractivity (Wildman–Crippen MR) is 143 cm³/mol. The summed E-state index contributed by atoms with van der Waals surface area (Å²) in [6.07, 6.45) is 7.32. The van der Waals surface area contributed by atoms with Gasteiger partial charge in [-0.2, -0.15) is 9.61 Å². The third kappa shape index (κ3) is 4.11. The number of carbonyl (C=O) groups excluding carboxylic acids is 1. The fourth-order valence-corrected chi connectivity index (χ4v) is 5.03. The Bertz CT molecular complexity index is 1590. The van der Waals surface area contributed by atoms with Crippen molar-refractivity contribution in [3.63, 3.8) is 0 Å². The second kappa shape index (κ2) is 9.33. The van der Waals surface area contributed by atoms with Crippen LogP contribution in [0.25, 0.3) is 27.9 Å². The van der Waals surface area contributed by atoms with Gasteiger partial charge in [-0.15, -0.1) is 0 Å². The van der Waals surface area contributed by atoms with E-state index in [-0.39, 0.29) is 18.1 Å². The van der Waals surface area contributed by atoms with Gasteiger partial charge in [-0.25, -0.2) is 9.97 Å². The second-order valence-electron chi connectivity index (χ2n) is 9.59. The SMILES string of the molecule is CO[C@H]1CC[C@@H]1NC(=O)c1cnn2c(N(C)Cc3ccccc3)cc(-c3cn(C)c4ncccc34)nc12. The number of rotatable bonds is 7. The Kier molecular flexibility index (Phi) is 5.84. The Balaban J connectivity index is 1.47. The van der Waals surface area contributed by atoms with E-state index < -0.39 is 0 Å². The number of benzene rings is 1. The maximum Gasteiger partial charge on any atom is 0.257 e. The molecule has 0 saturated heterocycles. The van der Waals surface area contributed by atoms with Crippen molar-refractivity contribution < 1.29 is 9.53 Å². The van der Waals surface area contributed by atoms with Gasteiger partial charge in [0, 0.05) is 57.2 Å². The molecular weight excluding hydrogens is 466 g/mol. The van der Waals surface area contributed by atoms with Crippen molar-refractivity contribution in [1.82, 2.24) is 29.5 Å². The van der Waals surface area contributed by atoms with E-state index in [0.29, 0.717) is 17.8 Å². The molecule has 5 aromatic rings. The van der Waals surface area contributed by atoms with Crippen LogP contribution < -0.4 is 10.2 Å². The van der Waals surface area contributed by atoms with Crippen LogP contribution >= 0.6 is 0 Å². The number of fused-ring (bicyclic) bond motifs is 2. The Labute approximate surface area is 214 Å². The van der Waals surface area contributed by atoms with E-state index in [1.807, 2.05) is 61.3 Å². The zero-order chi connectivity index (χ0) is 25.5. The van der Waals surface area contributed by atoms with Gasteiger partial charge in [0.25, 0.3) is 5.91 Å². The lowest BCUT2D eigenvalue weighted by Gasteiger charge is -2.35. The zero-order valence-electron chi connectivity index (χ0n) is 21.1. The quantitative estimate of drug-likeness (QED) is 0.369. The number of aryl methyl sites for hydroxylation is 1. The maximum absolute atomic E-state index is 13.3. The molecule has 0 aliphatic heterocycles. The van der Waals surface area contributed by atoms with Gasteiger partial charge in [0.15, 0.2) is 5.65 Å². The summed E-state index contributed by atoms with van der Waals surface area (Å²) in [6, 6.07) is 16.3. The molecule has 0 spiro atoms. The van der Waals surface area contributed by atoms with Crippen LogP contribution in [0.1, 0.15) is 28.8 Å². The Morgan fingerprint density at radius 1 is 1.16 bits per heavy atom. The predicted octanol–water partition coefficient (Wildman–Crippen LogP) is 3.83. The molecule has 1 amide bonds. The van der Waals surface area contributed by atoms with E-state index >= 15 is 0 Å². The molecule has 0 radical (unpaired) electrons. The molecule has 1 N–H and O–H groups in total. The number of anilines is 1. The molecule has 1 aliphatic carbocycles. The molecule has 6 rings (SSSR count). The first-order chi connectivity index (χ1) is 18.0. The first kappa shape index (κ1) is 23.2. The Morgan fingerprint density at radius 2 is 2.00 bits per heavy atom. The lowest BCUT2D eigenvalue weighted by molar-refractivity contribution is 0.00732. The molecular formula is C28H29N7O2. The van der Waals surface area contributed by atoms with Crippen molar-refractivity contribution in [2.24, 2.45) is 7.05 Å². The van der Waals surface area contributed by atoms with Gasteiger partial charge in [0.05, 0.1) is 24.0 Å². The zero-order valence-corrected chi connectivity index (χ0v) is 21.1. The molecule has 2 atom stereocenters. The van der Waals surface area contributed by atoms with Gasteiger partial charge in [-0.05, 0) is 30.5 Å². The largest absolute Gasteiger partial charge is 0.379 e. The van der Waals surface area contributed by atoms with E-state index in [9.17, 15) is 4.79 Å². The fraction of sp³-hybridized carbons (Fsp3) is 0.286. The molecule has 1 aromatic carbocycles. The van der Waals surface area contributed by atoms with Crippen molar-refractivity contribution in [2.45, 2.75) is 31.5 Å². The second-order valence-corrected chi connectivity index (χ2v) is 9.59. The highest BCUT2D eigenvalue weighted by atomic mass is 16.5. The molecule has 1 saturated carbocycles. The number of pyridine rings is 1. The average Bonchev–Trinajstić information content (AvgIpc) is 3.48. The van der Waals surface area contributed by atoms with Crippen molar-refractivity contribution in [3.8, 4) is 11.3 Å². The summed E-state index contributed by atoms with van der Waals surface area (Å²) >= 11 is 0. The number of hydrogen-bond acceptors (Lipinski definition) is 6. The maximum atomic E-state index is 13.3. The summed E-state index contributed by atoms with van der Waals surface area (Å²) < 4.78 is 9.21. The van der Waals surface area contributed by atoms with Crippen molar-refractivity contribution in [2.75, 3.05) is 19.1 Å². The molecule has 4 heterocycles.